The highest BCUT2D eigenvalue weighted by Crippen LogP contribution is 2.29. The summed E-state index contributed by atoms with van der Waals surface area (Å²) < 4.78 is 18.0. The fraction of sp³-hybridized carbons (Fsp3) is 0.750. The fourth-order valence-corrected chi connectivity index (χ4v) is 7.69. The topological polar surface area (TPSA) is 56.8 Å². The van der Waals surface area contributed by atoms with Crippen molar-refractivity contribution < 1.29 is 19.0 Å². The van der Waals surface area contributed by atoms with Crippen LogP contribution in [-0.2, 0) is 17.8 Å². The number of alkyl carbamates (subject to hydrolysis) is 1. The molecule has 0 unspecified atom stereocenters. The number of hydrogen-bond acceptors (Lipinski definition) is 4. The molecule has 5 heteroatoms. The van der Waals surface area contributed by atoms with Crippen LogP contribution in [0.1, 0.15) is 230 Å². The maximum atomic E-state index is 12.3. The Morgan fingerprint density at radius 2 is 0.825 bits per heavy atom. The van der Waals surface area contributed by atoms with E-state index in [1.165, 1.54) is 193 Å². The zero-order valence-corrected chi connectivity index (χ0v) is 37.4. The highest BCUT2D eigenvalue weighted by Gasteiger charge is 2.09. The van der Waals surface area contributed by atoms with Gasteiger partial charge in [-0.1, -0.05) is 243 Å². The zero-order valence-electron chi connectivity index (χ0n) is 37.4. The van der Waals surface area contributed by atoms with E-state index in [0.717, 1.165) is 42.1 Å². The van der Waals surface area contributed by atoms with Crippen LogP contribution >= 0.6 is 0 Å². The Hall–Kier alpha value is -2.69. The number of hydrogen-bond donors (Lipinski definition) is 1. The first kappa shape index (κ1) is 50.5. The number of amides is 1. The van der Waals surface area contributed by atoms with Crippen LogP contribution in [0.4, 0.5) is 4.79 Å². The summed E-state index contributed by atoms with van der Waals surface area (Å²) in [6.07, 6.45) is 44.0. The lowest BCUT2D eigenvalue weighted by Gasteiger charge is -2.15. The van der Waals surface area contributed by atoms with Crippen LogP contribution in [0.2, 0.25) is 0 Å². The molecule has 1 N–H and O–H groups in total. The zero-order chi connectivity index (χ0) is 40.5. The lowest BCUT2D eigenvalue weighted by molar-refractivity contribution is 0.140. The van der Waals surface area contributed by atoms with Crippen LogP contribution in [0, 0.1) is 0 Å². The van der Waals surface area contributed by atoms with E-state index in [4.69, 9.17) is 14.2 Å². The molecule has 2 aromatic carbocycles. The maximum absolute atomic E-state index is 12.3. The first-order chi connectivity index (χ1) is 28.2. The minimum atomic E-state index is -0.391. The van der Waals surface area contributed by atoms with Crippen molar-refractivity contribution in [3.8, 4) is 11.5 Å². The fourth-order valence-electron chi connectivity index (χ4n) is 7.69. The predicted octanol–water partition coefficient (Wildman–Crippen LogP) is 16.4. The van der Waals surface area contributed by atoms with Crippen molar-refractivity contribution in [3.05, 3.63) is 59.7 Å². The average Bonchev–Trinajstić information content (AvgIpc) is 3.23. The van der Waals surface area contributed by atoms with Gasteiger partial charge in [0, 0.05) is 6.54 Å². The van der Waals surface area contributed by atoms with Crippen LogP contribution in [0.5, 0.6) is 11.5 Å². The van der Waals surface area contributed by atoms with Crippen molar-refractivity contribution in [2.45, 2.75) is 232 Å². The summed E-state index contributed by atoms with van der Waals surface area (Å²) in [5.41, 5.74) is 2.10. The van der Waals surface area contributed by atoms with Gasteiger partial charge in [-0.05, 0) is 42.5 Å². The Morgan fingerprint density at radius 1 is 0.439 bits per heavy atom. The Morgan fingerprint density at radius 3 is 1.25 bits per heavy atom. The molecule has 0 aromatic heterocycles. The molecule has 0 aliphatic carbocycles. The smallest absolute Gasteiger partial charge is 0.407 e. The Labute approximate surface area is 352 Å². The predicted molar refractivity (Wildman–Crippen MR) is 245 cm³/mol. The summed E-state index contributed by atoms with van der Waals surface area (Å²) in [4.78, 5) is 12.3. The molecule has 5 nitrogen and oxygen atoms in total. The molecular formula is C52H89NO4. The molecule has 2 aromatic rings. The molecule has 0 aliphatic rings. The third-order valence-electron chi connectivity index (χ3n) is 11.4. The van der Waals surface area contributed by atoms with E-state index in [1.807, 2.05) is 30.3 Å². The summed E-state index contributed by atoms with van der Waals surface area (Å²) in [5.74, 6) is 1.67. The van der Waals surface area contributed by atoms with Gasteiger partial charge in [0.25, 0.3) is 0 Å². The third-order valence-corrected chi connectivity index (χ3v) is 11.4. The van der Waals surface area contributed by atoms with Gasteiger partial charge < -0.3 is 19.5 Å². The quantitative estimate of drug-likeness (QED) is 0.0682. The molecule has 0 spiro atoms. The average molecular weight is 792 g/mol. The molecule has 0 heterocycles. The van der Waals surface area contributed by atoms with E-state index >= 15 is 0 Å². The van der Waals surface area contributed by atoms with Gasteiger partial charge in [-0.3, -0.25) is 0 Å². The van der Waals surface area contributed by atoms with Gasteiger partial charge in [0.15, 0.2) is 11.5 Å². The highest BCUT2D eigenvalue weighted by atomic mass is 16.5. The van der Waals surface area contributed by atoms with Gasteiger partial charge in [0.1, 0.15) is 6.61 Å². The molecule has 0 saturated carbocycles. The monoisotopic (exact) mass is 792 g/mol. The number of unbranched alkanes of at least 4 members (excludes halogenated alkanes) is 30. The largest absolute Gasteiger partial charge is 0.490 e. The second kappa shape index (κ2) is 38.8. The van der Waals surface area contributed by atoms with Crippen molar-refractivity contribution in [1.82, 2.24) is 5.32 Å². The van der Waals surface area contributed by atoms with Crippen LogP contribution in [-0.4, -0.2) is 25.9 Å². The van der Waals surface area contributed by atoms with Gasteiger partial charge >= 0.3 is 6.09 Å². The second-order valence-electron chi connectivity index (χ2n) is 16.8. The molecule has 0 atom stereocenters. The van der Waals surface area contributed by atoms with Gasteiger partial charge in [-0.15, -0.1) is 0 Å². The van der Waals surface area contributed by atoms with E-state index in [-0.39, 0.29) is 6.61 Å². The van der Waals surface area contributed by atoms with Crippen molar-refractivity contribution in [1.29, 1.82) is 0 Å². The van der Waals surface area contributed by atoms with Crippen molar-refractivity contribution in [3.63, 3.8) is 0 Å². The highest BCUT2D eigenvalue weighted by molar-refractivity contribution is 5.67. The Bertz CT molecular complexity index is 1150. The van der Waals surface area contributed by atoms with E-state index < -0.39 is 6.09 Å². The normalized spacial score (nSPS) is 11.2. The Balaban J connectivity index is 1.61. The molecule has 0 radical (unpaired) electrons. The minimum absolute atomic E-state index is 0.273. The van der Waals surface area contributed by atoms with E-state index in [9.17, 15) is 4.79 Å². The van der Waals surface area contributed by atoms with Crippen LogP contribution in [0.3, 0.4) is 0 Å². The number of benzene rings is 2. The molecule has 326 valence electrons. The number of nitrogens with one attached hydrogen (secondary N) is 1. The van der Waals surface area contributed by atoms with Crippen molar-refractivity contribution in [2.75, 3.05) is 19.8 Å². The van der Waals surface area contributed by atoms with Crippen molar-refractivity contribution >= 4 is 6.09 Å². The molecule has 0 fully saturated rings. The first-order valence-corrected chi connectivity index (χ1v) is 24.6. The van der Waals surface area contributed by atoms with Gasteiger partial charge in [0.05, 0.1) is 13.2 Å². The maximum Gasteiger partial charge on any atom is 0.407 e. The SMILES string of the molecule is CCCCCCCCCCCCCCCCCCOc1ccc(CCNC(=O)OCc2ccccc2)cc1OCCCCCCCCCCCCCCCCCC. The third kappa shape index (κ3) is 31.0. The number of ether oxygens (including phenoxy) is 3. The second-order valence-corrected chi connectivity index (χ2v) is 16.8. The van der Waals surface area contributed by atoms with Gasteiger partial charge in [-0.2, -0.15) is 0 Å². The Kier molecular flexibility index (Phi) is 34.4. The van der Waals surface area contributed by atoms with E-state index in [2.05, 4.69) is 37.4 Å². The van der Waals surface area contributed by atoms with Crippen LogP contribution < -0.4 is 14.8 Å². The molecule has 0 saturated heterocycles. The number of rotatable bonds is 41. The minimum Gasteiger partial charge on any atom is -0.490 e. The molecular weight excluding hydrogens is 703 g/mol. The summed E-state index contributed by atoms with van der Waals surface area (Å²) >= 11 is 0. The lowest BCUT2D eigenvalue weighted by Crippen LogP contribution is -2.26. The summed E-state index contributed by atoms with van der Waals surface area (Å²) in [7, 11) is 0. The number of carbonyl (C=O) groups excluding carboxylic acids is 1. The van der Waals surface area contributed by atoms with Crippen LogP contribution in [0.15, 0.2) is 48.5 Å². The van der Waals surface area contributed by atoms with E-state index in [1.54, 1.807) is 0 Å². The molecule has 0 aliphatic heterocycles. The van der Waals surface area contributed by atoms with Gasteiger partial charge in [0.2, 0.25) is 0 Å². The molecule has 1 amide bonds. The van der Waals surface area contributed by atoms with Crippen LogP contribution in [0.25, 0.3) is 0 Å². The molecule has 57 heavy (non-hydrogen) atoms. The van der Waals surface area contributed by atoms with Gasteiger partial charge in [-0.25, -0.2) is 4.79 Å². The van der Waals surface area contributed by atoms with E-state index in [0.29, 0.717) is 19.6 Å². The van der Waals surface area contributed by atoms with Crippen molar-refractivity contribution in [2.24, 2.45) is 0 Å². The molecule has 0 bridgehead atoms. The summed E-state index contributed by atoms with van der Waals surface area (Å²) in [6, 6.07) is 16.0. The first-order valence-electron chi connectivity index (χ1n) is 24.6. The summed E-state index contributed by atoms with van der Waals surface area (Å²) in [5, 5.41) is 2.89. The molecule has 2 rings (SSSR count). The standard InChI is InChI=1S/C52H89NO4/c1-3-5-7-9-11-13-15-17-19-21-23-25-27-29-31-36-44-55-50-41-40-48(42-43-53-52(54)57-47-49-38-34-33-35-39-49)46-51(50)56-45-37-32-30-28-26-24-22-20-18-16-14-12-10-8-6-4-2/h33-35,38-41,46H,3-32,36-37,42-45,47H2,1-2H3,(H,53,54). The summed E-state index contributed by atoms with van der Waals surface area (Å²) in [6.45, 7) is 6.80. The number of carbonyl (C=O) groups is 1. The lowest BCUT2D eigenvalue weighted by atomic mass is 10.0.